The first-order valence-electron chi connectivity index (χ1n) is 5.09. The SMILES string of the molecule is Cc1cc(C(=O)Cc2cccc(F)c2Cl)co1. The Bertz CT molecular complexity index is 560. The summed E-state index contributed by atoms with van der Waals surface area (Å²) in [6, 6.07) is 6.08. The van der Waals surface area contributed by atoms with Gasteiger partial charge in [-0.15, -0.1) is 0 Å². The number of aryl methyl sites for hydroxylation is 1. The monoisotopic (exact) mass is 252 g/mol. The van der Waals surface area contributed by atoms with Gasteiger partial charge in [-0.25, -0.2) is 4.39 Å². The van der Waals surface area contributed by atoms with Gasteiger partial charge in [-0.05, 0) is 24.6 Å². The van der Waals surface area contributed by atoms with E-state index in [4.69, 9.17) is 16.0 Å². The van der Waals surface area contributed by atoms with Crippen molar-refractivity contribution in [2.24, 2.45) is 0 Å². The summed E-state index contributed by atoms with van der Waals surface area (Å²) in [6.45, 7) is 1.76. The van der Waals surface area contributed by atoms with E-state index in [0.717, 1.165) is 0 Å². The molecule has 1 aromatic carbocycles. The average molecular weight is 253 g/mol. The third-order valence-electron chi connectivity index (χ3n) is 2.44. The standard InChI is InChI=1S/C13H10ClFO2/c1-8-5-10(7-17-8)12(16)6-9-3-2-4-11(15)13(9)14/h2-5,7H,6H2,1H3. The Labute approximate surface area is 103 Å². The molecule has 0 bridgehead atoms. The zero-order chi connectivity index (χ0) is 12.4. The fourth-order valence-electron chi connectivity index (χ4n) is 1.55. The van der Waals surface area contributed by atoms with E-state index in [0.29, 0.717) is 16.9 Å². The van der Waals surface area contributed by atoms with Crippen LogP contribution in [0.4, 0.5) is 4.39 Å². The molecule has 0 radical (unpaired) electrons. The fourth-order valence-corrected chi connectivity index (χ4v) is 1.74. The van der Waals surface area contributed by atoms with Gasteiger partial charge in [0, 0.05) is 6.42 Å². The van der Waals surface area contributed by atoms with Crippen molar-refractivity contribution in [1.29, 1.82) is 0 Å². The molecule has 2 nitrogen and oxygen atoms in total. The Morgan fingerprint density at radius 3 is 2.88 bits per heavy atom. The van der Waals surface area contributed by atoms with Gasteiger partial charge >= 0.3 is 0 Å². The average Bonchev–Trinajstić information content (AvgIpc) is 2.72. The van der Waals surface area contributed by atoms with Crippen molar-refractivity contribution in [2.45, 2.75) is 13.3 Å². The van der Waals surface area contributed by atoms with Gasteiger partial charge in [0.25, 0.3) is 0 Å². The van der Waals surface area contributed by atoms with Crippen LogP contribution < -0.4 is 0 Å². The number of hydrogen-bond acceptors (Lipinski definition) is 2. The van der Waals surface area contributed by atoms with Crippen LogP contribution in [0.5, 0.6) is 0 Å². The summed E-state index contributed by atoms with van der Waals surface area (Å²) in [4.78, 5) is 11.8. The van der Waals surface area contributed by atoms with Crippen molar-refractivity contribution in [3.8, 4) is 0 Å². The number of carbonyl (C=O) groups excluding carboxylic acids is 1. The lowest BCUT2D eigenvalue weighted by molar-refractivity contribution is 0.0992. The second-order valence-electron chi connectivity index (χ2n) is 3.76. The summed E-state index contributed by atoms with van der Waals surface area (Å²) < 4.78 is 18.2. The minimum Gasteiger partial charge on any atom is -0.469 e. The second kappa shape index (κ2) is 4.72. The van der Waals surface area contributed by atoms with E-state index >= 15 is 0 Å². The largest absolute Gasteiger partial charge is 0.469 e. The smallest absolute Gasteiger partial charge is 0.170 e. The van der Waals surface area contributed by atoms with Crippen LogP contribution in [-0.4, -0.2) is 5.78 Å². The number of benzene rings is 1. The van der Waals surface area contributed by atoms with Crippen LogP contribution in [0.1, 0.15) is 21.7 Å². The summed E-state index contributed by atoms with van der Waals surface area (Å²) in [5, 5.41) is 0.000988. The molecule has 1 heterocycles. The van der Waals surface area contributed by atoms with Crippen LogP contribution in [0.2, 0.25) is 5.02 Å². The molecule has 0 saturated carbocycles. The van der Waals surface area contributed by atoms with E-state index in [9.17, 15) is 9.18 Å². The number of rotatable bonds is 3. The summed E-state index contributed by atoms with van der Waals surface area (Å²) in [7, 11) is 0. The number of furan rings is 1. The molecule has 1 aromatic heterocycles. The Morgan fingerprint density at radius 1 is 1.47 bits per heavy atom. The highest BCUT2D eigenvalue weighted by atomic mass is 35.5. The van der Waals surface area contributed by atoms with Gasteiger partial charge in [0.15, 0.2) is 5.78 Å². The summed E-state index contributed by atoms with van der Waals surface area (Å²) in [5.41, 5.74) is 0.957. The molecule has 0 unspecified atom stereocenters. The fraction of sp³-hybridized carbons (Fsp3) is 0.154. The molecule has 0 saturated heterocycles. The summed E-state index contributed by atoms with van der Waals surface area (Å²) >= 11 is 5.78. The molecular formula is C13H10ClFO2. The van der Waals surface area contributed by atoms with Crippen molar-refractivity contribution in [3.63, 3.8) is 0 Å². The van der Waals surface area contributed by atoms with E-state index in [1.54, 1.807) is 19.1 Å². The van der Waals surface area contributed by atoms with E-state index in [1.807, 2.05) is 0 Å². The molecule has 0 atom stereocenters. The zero-order valence-corrected chi connectivity index (χ0v) is 9.92. The predicted molar refractivity (Wildman–Crippen MR) is 62.9 cm³/mol. The first kappa shape index (κ1) is 11.9. The number of Topliss-reactive ketones (excluding diaryl/α,β-unsaturated/α-hetero) is 1. The highest BCUT2D eigenvalue weighted by Gasteiger charge is 2.13. The number of carbonyl (C=O) groups is 1. The molecule has 2 aromatic rings. The lowest BCUT2D eigenvalue weighted by Crippen LogP contribution is -2.03. The van der Waals surface area contributed by atoms with Gasteiger partial charge in [0.2, 0.25) is 0 Å². The third kappa shape index (κ3) is 2.56. The highest BCUT2D eigenvalue weighted by Crippen LogP contribution is 2.21. The van der Waals surface area contributed by atoms with Gasteiger partial charge in [0.05, 0.1) is 10.6 Å². The van der Waals surface area contributed by atoms with Crippen LogP contribution in [0, 0.1) is 12.7 Å². The van der Waals surface area contributed by atoms with Crippen LogP contribution in [-0.2, 0) is 6.42 Å². The van der Waals surface area contributed by atoms with E-state index in [1.165, 1.54) is 18.4 Å². The topological polar surface area (TPSA) is 30.2 Å². The van der Waals surface area contributed by atoms with Crippen LogP contribution >= 0.6 is 11.6 Å². The maximum Gasteiger partial charge on any atom is 0.170 e. The van der Waals surface area contributed by atoms with Crippen molar-refractivity contribution < 1.29 is 13.6 Å². The highest BCUT2D eigenvalue weighted by molar-refractivity contribution is 6.31. The van der Waals surface area contributed by atoms with Crippen molar-refractivity contribution >= 4 is 17.4 Å². The first-order chi connectivity index (χ1) is 8.08. The Balaban J connectivity index is 2.21. The first-order valence-corrected chi connectivity index (χ1v) is 5.47. The molecule has 17 heavy (non-hydrogen) atoms. The van der Waals surface area contributed by atoms with Crippen molar-refractivity contribution in [2.75, 3.05) is 0 Å². The second-order valence-corrected chi connectivity index (χ2v) is 4.14. The van der Waals surface area contributed by atoms with Crippen LogP contribution in [0.3, 0.4) is 0 Å². The Kier molecular flexibility index (Phi) is 3.29. The molecule has 2 rings (SSSR count). The minimum atomic E-state index is -0.514. The molecule has 0 amide bonds. The predicted octanol–water partition coefficient (Wildman–Crippen LogP) is 3.81. The minimum absolute atomic E-state index is 0.000988. The van der Waals surface area contributed by atoms with Gasteiger partial charge < -0.3 is 4.42 Å². The van der Waals surface area contributed by atoms with Crippen LogP contribution in [0.15, 0.2) is 34.9 Å². The molecule has 0 aliphatic rings. The lowest BCUT2D eigenvalue weighted by atomic mass is 10.0. The number of hydrogen-bond donors (Lipinski definition) is 0. The normalized spacial score (nSPS) is 10.5. The quantitative estimate of drug-likeness (QED) is 0.778. The molecular weight excluding hydrogens is 243 g/mol. The van der Waals surface area contributed by atoms with Gasteiger partial charge in [-0.3, -0.25) is 4.79 Å². The van der Waals surface area contributed by atoms with Crippen molar-refractivity contribution in [1.82, 2.24) is 0 Å². The molecule has 0 spiro atoms. The number of ketones is 1. The Hall–Kier alpha value is -1.61. The molecule has 0 N–H and O–H groups in total. The molecule has 88 valence electrons. The zero-order valence-electron chi connectivity index (χ0n) is 9.17. The van der Waals surface area contributed by atoms with Crippen LogP contribution in [0.25, 0.3) is 0 Å². The molecule has 0 aliphatic heterocycles. The van der Waals surface area contributed by atoms with Gasteiger partial charge in [-0.2, -0.15) is 0 Å². The van der Waals surface area contributed by atoms with Crippen molar-refractivity contribution in [3.05, 3.63) is 58.3 Å². The summed E-state index contributed by atoms with van der Waals surface area (Å²) in [5.74, 6) is 0.00776. The van der Waals surface area contributed by atoms with E-state index in [2.05, 4.69) is 0 Å². The Morgan fingerprint density at radius 2 is 2.24 bits per heavy atom. The van der Waals surface area contributed by atoms with E-state index in [-0.39, 0.29) is 17.2 Å². The maximum atomic E-state index is 13.2. The van der Waals surface area contributed by atoms with E-state index < -0.39 is 5.82 Å². The summed E-state index contributed by atoms with van der Waals surface area (Å²) in [6.07, 6.45) is 1.46. The maximum absolute atomic E-state index is 13.2. The lowest BCUT2D eigenvalue weighted by Gasteiger charge is -2.02. The van der Waals surface area contributed by atoms with Gasteiger partial charge in [-0.1, -0.05) is 23.7 Å². The van der Waals surface area contributed by atoms with Gasteiger partial charge in [0.1, 0.15) is 17.8 Å². The third-order valence-corrected chi connectivity index (χ3v) is 2.86. The molecule has 0 aliphatic carbocycles. The number of halogens is 2. The molecule has 0 fully saturated rings. The molecule has 4 heteroatoms.